The van der Waals surface area contributed by atoms with E-state index in [1.807, 2.05) is 16.4 Å². The minimum Gasteiger partial charge on any atom is -0.370 e. The molecule has 2 aromatic rings. The van der Waals surface area contributed by atoms with Crippen LogP contribution in [0, 0.1) is 10.1 Å². The summed E-state index contributed by atoms with van der Waals surface area (Å²) in [7, 11) is -3.60. The number of aromatic nitrogens is 3. The zero-order valence-corrected chi connectivity index (χ0v) is 15.5. The number of hydrogen-bond donors (Lipinski definition) is 0. The van der Waals surface area contributed by atoms with E-state index in [1.54, 1.807) is 6.33 Å². The monoisotopic (exact) mass is 379 g/mol. The Morgan fingerprint density at radius 1 is 1.38 bits per heavy atom. The predicted molar refractivity (Wildman–Crippen MR) is 96.1 cm³/mol. The molecule has 0 amide bonds. The molecule has 1 aliphatic heterocycles. The van der Waals surface area contributed by atoms with Gasteiger partial charge in [0.1, 0.15) is 12.2 Å². The Morgan fingerprint density at radius 2 is 2.15 bits per heavy atom. The molecule has 1 aromatic carbocycles. The lowest BCUT2D eigenvalue weighted by Gasteiger charge is -2.34. The summed E-state index contributed by atoms with van der Waals surface area (Å²) in [5.41, 5.74) is 0.277. The van der Waals surface area contributed by atoms with Crippen molar-refractivity contribution in [3.05, 3.63) is 40.5 Å². The number of anilines is 1. The smallest absolute Gasteiger partial charge is 0.270 e. The van der Waals surface area contributed by atoms with E-state index in [1.165, 1.54) is 12.1 Å². The standard InChI is InChI=1S/C16H21N5O4S/c1-3-19-11-17-18-16(19)12-5-4-8-20(10-12)14-7-6-13(21(22)23)9-15(14)26(2,24)25/h6-7,9,11-12H,3-5,8,10H2,1-2H3. The van der Waals surface area contributed by atoms with Gasteiger partial charge in [0.25, 0.3) is 5.69 Å². The van der Waals surface area contributed by atoms with Gasteiger partial charge in [0.05, 0.1) is 15.5 Å². The highest BCUT2D eigenvalue weighted by atomic mass is 32.2. The van der Waals surface area contributed by atoms with Gasteiger partial charge in [0, 0.05) is 43.9 Å². The third-order valence-corrected chi connectivity index (χ3v) is 5.79. The number of rotatable bonds is 5. The molecule has 10 heteroatoms. The first-order valence-electron chi connectivity index (χ1n) is 8.42. The van der Waals surface area contributed by atoms with Crippen molar-refractivity contribution in [1.29, 1.82) is 0 Å². The van der Waals surface area contributed by atoms with Crippen molar-refractivity contribution in [2.75, 3.05) is 24.2 Å². The van der Waals surface area contributed by atoms with Gasteiger partial charge >= 0.3 is 0 Å². The minimum atomic E-state index is -3.60. The fraction of sp³-hybridized carbons (Fsp3) is 0.500. The molecule has 1 atom stereocenters. The van der Waals surface area contributed by atoms with E-state index in [2.05, 4.69) is 10.2 Å². The molecule has 1 saturated heterocycles. The lowest BCUT2D eigenvalue weighted by molar-refractivity contribution is -0.385. The third-order valence-electron chi connectivity index (χ3n) is 4.67. The molecule has 0 radical (unpaired) electrons. The summed E-state index contributed by atoms with van der Waals surface area (Å²) in [5.74, 6) is 1.02. The molecule has 0 saturated carbocycles. The van der Waals surface area contributed by atoms with Gasteiger partial charge in [0.15, 0.2) is 9.84 Å². The largest absolute Gasteiger partial charge is 0.370 e. The molecule has 0 N–H and O–H groups in total. The lowest BCUT2D eigenvalue weighted by Crippen LogP contribution is -2.36. The summed E-state index contributed by atoms with van der Waals surface area (Å²) >= 11 is 0. The van der Waals surface area contributed by atoms with Gasteiger partial charge in [-0.1, -0.05) is 0 Å². The number of nitrogens with zero attached hydrogens (tertiary/aromatic N) is 5. The molecule has 1 aliphatic rings. The summed E-state index contributed by atoms with van der Waals surface area (Å²) in [5, 5.41) is 19.2. The van der Waals surface area contributed by atoms with Crippen LogP contribution in [0.4, 0.5) is 11.4 Å². The van der Waals surface area contributed by atoms with Crippen molar-refractivity contribution in [1.82, 2.24) is 14.8 Å². The Labute approximate surface area is 151 Å². The number of nitro groups is 1. The molecular weight excluding hydrogens is 358 g/mol. The number of hydrogen-bond acceptors (Lipinski definition) is 7. The summed E-state index contributed by atoms with van der Waals surface area (Å²) < 4.78 is 26.4. The molecule has 26 heavy (non-hydrogen) atoms. The van der Waals surface area contributed by atoms with Gasteiger partial charge in [0.2, 0.25) is 0 Å². The number of benzene rings is 1. The summed E-state index contributed by atoms with van der Waals surface area (Å²) in [4.78, 5) is 12.4. The molecule has 9 nitrogen and oxygen atoms in total. The first-order chi connectivity index (χ1) is 12.3. The van der Waals surface area contributed by atoms with Crippen LogP contribution in [-0.2, 0) is 16.4 Å². The normalized spacial score (nSPS) is 18.1. The van der Waals surface area contributed by atoms with E-state index < -0.39 is 14.8 Å². The molecule has 2 heterocycles. The highest BCUT2D eigenvalue weighted by Gasteiger charge is 2.29. The highest BCUT2D eigenvalue weighted by molar-refractivity contribution is 7.90. The van der Waals surface area contributed by atoms with Crippen LogP contribution < -0.4 is 4.90 Å². The first kappa shape index (κ1) is 18.3. The molecule has 1 fully saturated rings. The maximum absolute atomic E-state index is 12.2. The average Bonchev–Trinajstić information content (AvgIpc) is 3.09. The Balaban J connectivity index is 1.97. The molecule has 3 rings (SSSR count). The second-order valence-corrected chi connectivity index (χ2v) is 8.43. The summed E-state index contributed by atoms with van der Waals surface area (Å²) in [6, 6.07) is 4.02. The van der Waals surface area contributed by atoms with Crippen molar-refractivity contribution in [3.8, 4) is 0 Å². The Morgan fingerprint density at radius 3 is 2.81 bits per heavy atom. The summed E-state index contributed by atoms with van der Waals surface area (Å²) in [6.07, 6.45) is 4.59. The number of aryl methyl sites for hydroxylation is 1. The van der Waals surface area contributed by atoms with Gasteiger partial charge in [-0.2, -0.15) is 0 Å². The predicted octanol–water partition coefficient (Wildman–Crippen LogP) is 1.99. The van der Waals surface area contributed by atoms with Crippen molar-refractivity contribution in [2.45, 2.75) is 37.1 Å². The zero-order valence-electron chi connectivity index (χ0n) is 14.7. The molecule has 0 bridgehead atoms. The topological polar surface area (TPSA) is 111 Å². The third kappa shape index (κ3) is 3.55. The Bertz CT molecular complexity index is 924. The number of sulfone groups is 1. The van der Waals surface area contributed by atoms with E-state index in [4.69, 9.17) is 0 Å². The van der Waals surface area contributed by atoms with Gasteiger partial charge in [-0.15, -0.1) is 10.2 Å². The molecule has 1 aromatic heterocycles. The van der Waals surface area contributed by atoms with Crippen LogP contribution in [0.5, 0.6) is 0 Å². The molecular formula is C16H21N5O4S. The van der Waals surface area contributed by atoms with Crippen LogP contribution in [0.1, 0.15) is 31.5 Å². The van der Waals surface area contributed by atoms with Gasteiger partial charge in [-0.3, -0.25) is 10.1 Å². The second kappa shape index (κ2) is 7.02. The summed E-state index contributed by atoms with van der Waals surface area (Å²) in [6.45, 7) is 4.08. The van der Waals surface area contributed by atoms with E-state index in [9.17, 15) is 18.5 Å². The van der Waals surface area contributed by atoms with Crippen molar-refractivity contribution in [2.24, 2.45) is 0 Å². The quantitative estimate of drug-likeness (QED) is 0.577. The van der Waals surface area contributed by atoms with Crippen LogP contribution in [0.2, 0.25) is 0 Å². The van der Waals surface area contributed by atoms with E-state index >= 15 is 0 Å². The zero-order chi connectivity index (χ0) is 18.9. The molecule has 0 spiro atoms. The Hall–Kier alpha value is -2.49. The van der Waals surface area contributed by atoms with Crippen molar-refractivity contribution >= 4 is 21.2 Å². The number of non-ortho nitro benzene ring substituents is 1. The van der Waals surface area contributed by atoms with Crippen LogP contribution in [0.15, 0.2) is 29.4 Å². The maximum atomic E-state index is 12.2. The SMILES string of the molecule is CCn1cnnc1C1CCCN(c2ccc([N+](=O)[O-])cc2S(C)(=O)=O)C1. The van der Waals surface area contributed by atoms with E-state index in [0.29, 0.717) is 18.8 Å². The van der Waals surface area contributed by atoms with Gasteiger partial charge in [-0.25, -0.2) is 8.42 Å². The molecule has 1 unspecified atom stereocenters. The maximum Gasteiger partial charge on any atom is 0.270 e. The lowest BCUT2D eigenvalue weighted by atomic mass is 9.96. The Kier molecular flexibility index (Phi) is 4.94. The molecule has 140 valence electrons. The van der Waals surface area contributed by atoms with Crippen molar-refractivity contribution in [3.63, 3.8) is 0 Å². The van der Waals surface area contributed by atoms with Crippen LogP contribution in [0.25, 0.3) is 0 Å². The van der Waals surface area contributed by atoms with Gasteiger partial charge in [-0.05, 0) is 25.8 Å². The fourth-order valence-corrected chi connectivity index (χ4v) is 4.32. The first-order valence-corrected chi connectivity index (χ1v) is 10.3. The number of nitro benzene ring substituents is 1. The van der Waals surface area contributed by atoms with E-state index in [0.717, 1.165) is 37.5 Å². The molecule has 0 aliphatic carbocycles. The fourth-order valence-electron chi connectivity index (χ4n) is 3.41. The van der Waals surface area contributed by atoms with Crippen LogP contribution in [-0.4, -0.2) is 47.5 Å². The van der Waals surface area contributed by atoms with Crippen LogP contribution in [0.3, 0.4) is 0 Å². The minimum absolute atomic E-state index is 0.00990. The van der Waals surface area contributed by atoms with Gasteiger partial charge < -0.3 is 9.47 Å². The van der Waals surface area contributed by atoms with E-state index in [-0.39, 0.29) is 16.5 Å². The average molecular weight is 379 g/mol. The highest BCUT2D eigenvalue weighted by Crippen LogP contribution is 2.34. The van der Waals surface area contributed by atoms with Crippen molar-refractivity contribution < 1.29 is 13.3 Å². The van der Waals surface area contributed by atoms with Crippen LogP contribution >= 0.6 is 0 Å². The number of piperidine rings is 1. The second-order valence-electron chi connectivity index (χ2n) is 6.44.